The molecule has 1 aromatic heterocycles. The molecule has 0 saturated heterocycles. The zero-order chi connectivity index (χ0) is 13.7. The van der Waals surface area contributed by atoms with Crippen molar-refractivity contribution in [3.8, 4) is 6.07 Å². The Bertz CT molecular complexity index is 589. The summed E-state index contributed by atoms with van der Waals surface area (Å²) in [5.74, 6) is 0.183. The van der Waals surface area contributed by atoms with Gasteiger partial charge in [0.25, 0.3) is 0 Å². The number of nitriles is 1. The monoisotopic (exact) mass is 256 g/mol. The topological polar surface area (TPSA) is 61.6 Å². The van der Waals surface area contributed by atoms with Crippen LogP contribution in [-0.2, 0) is 6.42 Å². The zero-order valence-electron chi connectivity index (χ0n) is 10.5. The van der Waals surface area contributed by atoms with Crippen LogP contribution in [-0.4, -0.2) is 16.0 Å². The molecule has 1 atom stereocenters. The van der Waals surface area contributed by atoms with Crippen molar-refractivity contribution < 1.29 is 4.39 Å². The van der Waals surface area contributed by atoms with Gasteiger partial charge in [-0.1, -0.05) is 12.1 Å². The van der Waals surface area contributed by atoms with Crippen LogP contribution in [0, 0.1) is 17.1 Å². The van der Waals surface area contributed by atoms with Crippen molar-refractivity contribution in [3.05, 3.63) is 53.6 Å². The number of benzene rings is 1. The van der Waals surface area contributed by atoms with Crippen LogP contribution in [0.4, 0.5) is 10.3 Å². The minimum atomic E-state index is -0.241. The number of anilines is 1. The molecule has 19 heavy (non-hydrogen) atoms. The first-order valence-corrected chi connectivity index (χ1v) is 5.91. The van der Waals surface area contributed by atoms with Crippen LogP contribution < -0.4 is 5.32 Å². The predicted molar refractivity (Wildman–Crippen MR) is 69.9 cm³/mol. The molecule has 5 heteroatoms. The summed E-state index contributed by atoms with van der Waals surface area (Å²) >= 11 is 0. The van der Waals surface area contributed by atoms with Crippen molar-refractivity contribution in [1.82, 2.24) is 9.97 Å². The second-order valence-electron chi connectivity index (χ2n) is 4.25. The zero-order valence-corrected chi connectivity index (χ0v) is 10.5. The van der Waals surface area contributed by atoms with Crippen LogP contribution >= 0.6 is 0 Å². The van der Waals surface area contributed by atoms with E-state index in [-0.39, 0.29) is 11.9 Å². The van der Waals surface area contributed by atoms with Crippen molar-refractivity contribution >= 4 is 5.95 Å². The number of aromatic nitrogens is 2. The number of halogens is 1. The molecule has 2 rings (SSSR count). The second-order valence-corrected chi connectivity index (χ2v) is 4.25. The highest BCUT2D eigenvalue weighted by Crippen LogP contribution is 2.08. The maximum atomic E-state index is 12.8. The molecule has 0 aliphatic rings. The molecule has 1 unspecified atom stereocenters. The Hall–Kier alpha value is -2.48. The Labute approximate surface area is 110 Å². The van der Waals surface area contributed by atoms with Gasteiger partial charge in [0.1, 0.15) is 17.6 Å². The lowest BCUT2D eigenvalue weighted by Crippen LogP contribution is -2.19. The highest BCUT2D eigenvalue weighted by Gasteiger charge is 2.06. The van der Waals surface area contributed by atoms with Gasteiger partial charge in [-0.2, -0.15) is 5.26 Å². The van der Waals surface area contributed by atoms with Gasteiger partial charge in [-0.3, -0.25) is 0 Å². The van der Waals surface area contributed by atoms with Crippen LogP contribution in [0.5, 0.6) is 0 Å². The van der Waals surface area contributed by atoms with Crippen molar-refractivity contribution in [1.29, 1.82) is 5.26 Å². The Kier molecular flexibility index (Phi) is 4.04. The molecule has 0 fully saturated rings. The van der Waals surface area contributed by atoms with Crippen LogP contribution in [0.2, 0.25) is 0 Å². The molecule has 1 heterocycles. The first kappa shape index (κ1) is 13.0. The van der Waals surface area contributed by atoms with Gasteiger partial charge < -0.3 is 5.32 Å². The third-order valence-electron chi connectivity index (χ3n) is 2.60. The highest BCUT2D eigenvalue weighted by atomic mass is 19.1. The van der Waals surface area contributed by atoms with Gasteiger partial charge in [0.2, 0.25) is 5.95 Å². The van der Waals surface area contributed by atoms with Gasteiger partial charge in [-0.05, 0) is 37.1 Å². The van der Waals surface area contributed by atoms with E-state index in [1.165, 1.54) is 12.1 Å². The molecule has 1 aromatic carbocycles. The highest BCUT2D eigenvalue weighted by molar-refractivity contribution is 5.31. The van der Waals surface area contributed by atoms with Crippen LogP contribution in [0.1, 0.15) is 18.2 Å². The summed E-state index contributed by atoms with van der Waals surface area (Å²) in [5, 5.41) is 11.9. The number of hydrogen-bond donors (Lipinski definition) is 1. The first-order valence-electron chi connectivity index (χ1n) is 5.91. The normalized spacial score (nSPS) is 11.6. The van der Waals surface area contributed by atoms with Gasteiger partial charge in [0.15, 0.2) is 0 Å². The summed E-state index contributed by atoms with van der Waals surface area (Å²) in [7, 11) is 0. The summed E-state index contributed by atoms with van der Waals surface area (Å²) in [4.78, 5) is 8.09. The largest absolute Gasteiger partial charge is 0.351 e. The molecular weight excluding hydrogens is 243 g/mol. The lowest BCUT2D eigenvalue weighted by molar-refractivity contribution is 0.626. The molecule has 4 nitrogen and oxygen atoms in total. The van der Waals surface area contributed by atoms with Gasteiger partial charge >= 0.3 is 0 Å². The summed E-state index contributed by atoms with van der Waals surface area (Å²) in [5.41, 5.74) is 1.35. The molecule has 0 amide bonds. The fourth-order valence-corrected chi connectivity index (χ4v) is 1.74. The quantitative estimate of drug-likeness (QED) is 0.913. The Morgan fingerprint density at radius 2 is 2.05 bits per heavy atom. The van der Waals surface area contributed by atoms with Gasteiger partial charge in [-0.25, -0.2) is 14.4 Å². The molecule has 0 spiro atoms. The maximum Gasteiger partial charge on any atom is 0.224 e. The molecule has 0 bridgehead atoms. The molecule has 0 radical (unpaired) electrons. The van der Waals surface area contributed by atoms with Gasteiger partial charge in [0, 0.05) is 12.2 Å². The molecule has 96 valence electrons. The Morgan fingerprint density at radius 1 is 1.32 bits per heavy atom. The smallest absolute Gasteiger partial charge is 0.224 e. The molecule has 2 aromatic rings. The van der Waals surface area contributed by atoms with E-state index in [4.69, 9.17) is 5.26 Å². The lowest BCUT2D eigenvalue weighted by Gasteiger charge is -2.13. The Balaban J connectivity index is 1.99. The summed E-state index contributed by atoms with van der Waals surface area (Å²) in [6.07, 6.45) is 2.26. The van der Waals surface area contributed by atoms with E-state index in [0.717, 1.165) is 12.0 Å². The van der Waals surface area contributed by atoms with Crippen LogP contribution in [0.25, 0.3) is 0 Å². The average Bonchev–Trinajstić information content (AvgIpc) is 2.41. The van der Waals surface area contributed by atoms with E-state index in [0.29, 0.717) is 11.6 Å². The first-order chi connectivity index (χ1) is 9.17. The predicted octanol–water partition coefficient (Wildman–Crippen LogP) is 2.53. The number of nitrogens with zero attached hydrogens (tertiary/aromatic N) is 3. The maximum absolute atomic E-state index is 12.8. The van der Waals surface area contributed by atoms with E-state index in [1.807, 2.05) is 13.0 Å². The number of nitrogens with one attached hydrogen (secondary N) is 1. The Morgan fingerprint density at radius 3 is 2.74 bits per heavy atom. The van der Waals surface area contributed by atoms with Crippen LogP contribution in [0.3, 0.4) is 0 Å². The minimum Gasteiger partial charge on any atom is -0.351 e. The molecule has 0 aliphatic carbocycles. The summed E-state index contributed by atoms with van der Waals surface area (Å²) in [6, 6.07) is 9.98. The average molecular weight is 256 g/mol. The molecule has 1 N–H and O–H groups in total. The third kappa shape index (κ3) is 3.75. The van der Waals surface area contributed by atoms with Gasteiger partial charge in [0.05, 0.1) is 0 Å². The van der Waals surface area contributed by atoms with E-state index in [2.05, 4.69) is 15.3 Å². The van der Waals surface area contributed by atoms with Crippen molar-refractivity contribution in [2.24, 2.45) is 0 Å². The van der Waals surface area contributed by atoms with Crippen molar-refractivity contribution in [2.45, 2.75) is 19.4 Å². The SMILES string of the molecule is CC(Cc1ccc(F)cc1)Nc1nccc(C#N)n1. The summed E-state index contributed by atoms with van der Waals surface area (Å²) in [6.45, 7) is 1.98. The molecule has 0 aliphatic heterocycles. The minimum absolute atomic E-state index is 0.0828. The van der Waals surface area contributed by atoms with E-state index >= 15 is 0 Å². The van der Waals surface area contributed by atoms with E-state index < -0.39 is 0 Å². The van der Waals surface area contributed by atoms with E-state index in [9.17, 15) is 4.39 Å². The second kappa shape index (κ2) is 5.91. The lowest BCUT2D eigenvalue weighted by atomic mass is 10.1. The molecule has 0 saturated carbocycles. The van der Waals surface area contributed by atoms with Crippen molar-refractivity contribution in [3.63, 3.8) is 0 Å². The molecular formula is C14H13FN4. The third-order valence-corrected chi connectivity index (χ3v) is 2.60. The summed E-state index contributed by atoms with van der Waals surface area (Å²) < 4.78 is 12.8. The number of hydrogen-bond acceptors (Lipinski definition) is 4. The standard InChI is InChI=1S/C14H13FN4/c1-10(8-11-2-4-12(15)5-3-11)18-14-17-7-6-13(9-16)19-14/h2-7,10H,8H2,1H3,(H,17,18,19). The fraction of sp³-hybridized carbons (Fsp3) is 0.214. The van der Waals surface area contributed by atoms with E-state index in [1.54, 1.807) is 24.4 Å². The van der Waals surface area contributed by atoms with Gasteiger partial charge in [-0.15, -0.1) is 0 Å². The van der Waals surface area contributed by atoms with Crippen LogP contribution in [0.15, 0.2) is 36.5 Å². The fourth-order valence-electron chi connectivity index (χ4n) is 1.74. The van der Waals surface area contributed by atoms with Crippen molar-refractivity contribution in [2.75, 3.05) is 5.32 Å². The number of rotatable bonds is 4.